The maximum Gasteiger partial charge on any atom is 0.482 e. The summed E-state index contributed by atoms with van der Waals surface area (Å²) < 4.78 is 49.3. The van der Waals surface area contributed by atoms with Crippen LogP contribution in [0.25, 0.3) is 0 Å². The minimum Gasteiger partial charge on any atom is -0.449 e. The van der Waals surface area contributed by atoms with Crippen LogP contribution >= 0.6 is 0 Å². The predicted octanol–water partition coefficient (Wildman–Crippen LogP) is 3.37. The average molecular weight is 205 g/mol. The standard InChI is InChI=1S/C9H10BF4/c1-6-3-8(5-10(12,13)14)4-7(2)9(6)11/h3-4H,5H2,1-2H3/q-1. The summed E-state index contributed by atoms with van der Waals surface area (Å²) in [6, 6.07) is 2.50. The van der Waals surface area contributed by atoms with Crippen LogP contribution in [-0.4, -0.2) is 6.98 Å². The Labute approximate surface area is 80.0 Å². The van der Waals surface area contributed by atoms with Crippen molar-refractivity contribution in [1.29, 1.82) is 0 Å². The Bertz CT molecular complexity index is 320. The molecule has 0 bridgehead atoms. The van der Waals surface area contributed by atoms with Gasteiger partial charge in [0.2, 0.25) is 0 Å². The van der Waals surface area contributed by atoms with Gasteiger partial charge in [0.25, 0.3) is 0 Å². The van der Waals surface area contributed by atoms with E-state index in [4.69, 9.17) is 0 Å². The van der Waals surface area contributed by atoms with Crippen LogP contribution < -0.4 is 0 Å². The van der Waals surface area contributed by atoms with Gasteiger partial charge in [-0.3, -0.25) is 0 Å². The van der Waals surface area contributed by atoms with Gasteiger partial charge in [0.05, 0.1) is 0 Å². The fourth-order valence-electron chi connectivity index (χ4n) is 1.42. The van der Waals surface area contributed by atoms with Gasteiger partial charge in [-0.25, -0.2) is 4.39 Å². The van der Waals surface area contributed by atoms with Crippen LogP contribution in [0.15, 0.2) is 12.1 Å². The van der Waals surface area contributed by atoms with Gasteiger partial charge in [0.15, 0.2) is 0 Å². The van der Waals surface area contributed by atoms with Crippen LogP contribution in [0.5, 0.6) is 0 Å². The smallest absolute Gasteiger partial charge is 0.449 e. The third-order valence-electron chi connectivity index (χ3n) is 1.96. The average Bonchev–Trinajstić information content (AvgIpc) is 1.96. The molecule has 5 heteroatoms. The molecule has 0 nitrogen and oxygen atoms in total. The largest absolute Gasteiger partial charge is 0.482 e. The van der Waals surface area contributed by atoms with Gasteiger partial charge in [0, 0.05) is 0 Å². The number of hydrogen-bond donors (Lipinski definition) is 0. The topological polar surface area (TPSA) is 0 Å². The van der Waals surface area contributed by atoms with E-state index in [1.807, 2.05) is 0 Å². The third kappa shape index (κ3) is 2.75. The molecule has 0 spiro atoms. The monoisotopic (exact) mass is 205 g/mol. The molecule has 1 rings (SSSR count). The predicted molar refractivity (Wildman–Crippen MR) is 48.7 cm³/mol. The van der Waals surface area contributed by atoms with Crippen molar-refractivity contribution in [2.45, 2.75) is 20.2 Å². The van der Waals surface area contributed by atoms with Crippen molar-refractivity contribution in [3.05, 3.63) is 34.6 Å². The normalized spacial score (nSPS) is 11.9. The summed E-state index contributed by atoms with van der Waals surface area (Å²) in [4.78, 5) is 0. The van der Waals surface area contributed by atoms with Crippen molar-refractivity contribution in [1.82, 2.24) is 0 Å². The van der Waals surface area contributed by atoms with E-state index in [1.54, 1.807) is 0 Å². The molecule has 0 amide bonds. The quantitative estimate of drug-likeness (QED) is 0.512. The molecular formula is C9H10BF4-. The van der Waals surface area contributed by atoms with Gasteiger partial charge in [-0.2, -0.15) is 0 Å². The van der Waals surface area contributed by atoms with Crippen molar-refractivity contribution in [2.75, 3.05) is 0 Å². The van der Waals surface area contributed by atoms with Crippen LogP contribution in [0.1, 0.15) is 16.7 Å². The fraction of sp³-hybridized carbons (Fsp3) is 0.333. The number of benzene rings is 1. The molecule has 78 valence electrons. The van der Waals surface area contributed by atoms with E-state index in [0.717, 1.165) is 0 Å². The summed E-state index contributed by atoms with van der Waals surface area (Å²) in [6.45, 7) is -1.91. The molecule has 0 fully saturated rings. The molecule has 0 saturated carbocycles. The SMILES string of the molecule is Cc1cc(C[B-](F)(F)F)cc(C)c1F. The summed E-state index contributed by atoms with van der Waals surface area (Å²) >= 11 is 0. The second-order valence-corrected chi connectivity index (χ2v) is 3.46. The van der Waals surface area contributed by atoms with E-state index < -0.39 is 19.1 Å². The summed E-state index contributed by atoms with van der Waals surface area (Å²) in [5.74, 6) is -0.427. The maximum atomic E-state index is 13.1. The second kappa shape index (κ2) is 3.63. The molecule has 0 aliphatic carbocycles. The first-order valence-corrected chi connectivity index (χ1v) is 4.26. The molecule has 0 aliphatic rings. The summed E-state index contributed by atoms with van der Waals surface area (Å²) in [5, 5.41) is 0. The van der Waals surface area contributed by atoms with Crippen molar-refractivity contribution >= 4 is 6.98 Å². The highest BCUT2D eigenvalue weighted by atomic mass is 19.4. The fourth-order valence-corrected chi connectivity index (χ4v) is 1.42. The lowest BCUT2D eigenvalue weighted by Crippen LogP contribution is -2.19. The molecule has 0 atom stereocenters. The summed E-state index contributed by atoms with van der Waals surface area (Å²) in [6.07, 6.45) is -0.942. The van der Waals surface area contributed by atoms with E-state index >= 15 is 0 Å². The van der Waals surface area contributed by atoms with E-state index in [0.29, 0.717) is 0 Å². The minimum atomic E-state index is -4.84. The lowest BCUT2D eigenvalue weighted by molar-refractivity contribution is 0.468. The van der Waals surface area contributed by atoms with Gasteiger partial charge in [-0.1, -0.05) is 24.0 Å². The first-order chi connectivity index (χ1) is 6.29. The van der Waals surface area contributed by atoms with Crippen molar-refractivity contribution < 1.29 is 17.3 Å². The minimum absolute atomic E-state index is 0.133. The van der Waals surface area contributed by atoms with Crippen molar-refractivity contribution in [2.24, 2.45) is 0 Å². The van der Waals surface area contributed by atoms with Gasteiger partial charge in [0.1, 0.15) is 5.82 Å². The molecule has 0 unspecified atom stereocenters. The molecule has 0 radical (unpaired) electrons. The second-order valence-electron chi connectivity index (χ2n) is 3.46. The van der Waals surface area contributed by atoms with Crippen LogP contribution in [0.3, 0.4) is 0 Å². The number of halogens is 4. The zero-order valence-electron chi connectivity index (χ0n) is 7.95. The molecule has 0 saturated heterocycles. The van der Waals surface area contributed by atoms with E-state index in [9.17, 15) is 17.3 Å². The number of hydrogen-bond acceptors (Lipinski definition) is 0. The highest BCUT2D eigenvalue weighted by Gasteiger charge is 2.23. The van der Waals surface area contributed by atoms with Crippen LogP contribution in [0.4, 0.5) is 17.3 Å². The lowest BCUT2D eigenvalue weighted by Gasteiger charge is -2.14. The van der Waals surface area contributed by atoms with Crippen molar-refractivity contribution in [3.8, 4) is 0 Å². The van der Waals surface area contributed by atoms with Gasteiger partial charge in [-0.05, 0) is 25.0 Å². The highest BCUT2D eigenvalue weighted by molar-refractivity contribution is 6.57. The summed E-state index contributed by atoms with van der Waals surface area (Å²) in [7, 11) is 0. The summed E-state index contributed by atoms with van der Waals surface area (Å²) in [5.41, 5.74) is 0.661. The van der Waals surface area contributed by atoms with Crippen LogP contribution in [0.2, 0.25) is 0 Å². The Balaban J connectivity index is 3.02. The van der Waals surface area contributed by atoms with Crippen LogP contribution in [0, 0.1) is 19.7 Å². The maximum absolute atomic E-state index is 13.1. The Morgan fingerprint density at radius 2 is 1.50 bits per heavy atom. The molecule has 1 aromatic carbocycles. The molecule has 0 aliphatic heterocycles. The Morgan fingerprint density at radius 1 is 1.07 bits per heavy atom. The van der Waals surface area contributed by atoms with Gasteiger partial charge >= 0.3 is 6.98 Å². The zero-order chi connectivity index (χ0) is 10.9. The van der Waals surface area contributed by atoms with E-state index in [1.165, 1.54) is 26.0 Å². The number of aryl methyl sites for hydroxylation is 2. The number of rotatable bonds is 2. The van der Waals surface area contributed by atoms with E-state index in [-0.39, 0.29) is 16.7 Å². The lowest BCUT2D eigenvalue weighted by atomic mass is 9.81. The molecule has 0 aromatic heterocycles. The van der Waals surface area contributed by atoms with Gasteiger partial charge < -0.3 is 12.9 Å². The highest BCUT2D eigenvalue weighted by Crippen LogP contribution is 2.20. The van der Waals surface area contributed by atoms with Crippen molar-refractivity contribution in [3.63, 3.8) is 0 Å². The molecule has 0 heterocycles. The van der Waals surface area contributed by atoms with Crippen LogP contribution in [-0.2, 0) is 6.32 Å². The molecule has 0 N–H and O–H groups in total. The molecular weight excluding hydrogens is 195 g/mol. The zero-order valence-corrected chi connectivity index (χ0v) is 7.95. The molecule has 14 heavy (non-hydrogen) atoms. The van der Waals surface area contributed by atoms with Gasteiger partial charge in [-0.15, -0.1) is 0 Å². The van der Waals surface area contributed by atoms with E-state index in [2.05, 4.69) is 0 Å². The Kier molecular flexibility index (Phi) is 2.88. The Hall–Kier alpha value is -0.995. The molecule has 1 aromatic rings. The first kappa shape index (κ1) is 11.1. The first-order valence-electron chi connectivity index (χ1n) is 4.26. The third-order valence-corrected chi connectivity index (χ3v) is 1.96. The Morgan fingerprint density at radius 3 is 1.86 bits per heavy atom.